The fourth-order valence-electron chi connectivity index (χ4n) is 3.31. The van der Waals surface area contributed by atoms with Gasteiger partial charge in [0, 0.05) is 30.2 Å². The Morgan fingerprint density at radius 1 is 1.00 bits per heavy atom. The van der Waals surface area contributed by atoms with E-state index in [-0.39, 0.29) is 5.69 Å². The van der Waals surface area contributed by atoms with E-state index in [1.165, 1.54) is 12.1 Å². The van der Waals surface area contributed by atoms with E-state index in [2.05, 4.69) is 22.0 Å². The minimum absolute atomic E-state index is 0.0475. The van der Waals surface area contributed by atoms with Gasteiger partial charge in [-0.15, -0.1) is 0 Å². The van der Waals surface area contributed by atoms with E-state index >= 15 is 0 Å². The van der Waals surface area contributed by atoms with Crippen LogP contribution in [0, 0.1) is 10.1 Å². The lowest BCUT2D eigenvalue weighted by Crippen LogP contribution is -2.21. The van der Waals surface area contributed by atoms with Crippen molar-refractivity contribution in [2.75, 3.05) is 12.0 Å². The number of benzene rings is 3. The number of non-ortho nitro benzene ring substituents is 1. The summed E-state index contributed by atoms with van der Waals surface area (Å²) in [5.74, 6) is 1.41. The first-order valence-electron chi connectivity index (χ1n) is 9.40. The Bertz CT molecular complexity index is 1140. The van der Waals surface area contributed by atoms with E-state index in [1.54, 1.807) is 25.4 Å². The van der Waals surface area contributed by atoms with Crippen molar-refractivity contribution in [2.45, 2.75) is 6.54 Å². The molecule has 4 aromatic rings. The topological polar surface area (TPSA) is 73.4 Å². The zero-order valence-electron chi connectivity index (χ0n) is 16.4. The number of hydrogen-bond acceptors (Lipinski definition) is 5. The van der Waals surface area contributed by atoms with Gasteiger partial charge in [-0.1, -0.05) is 42.5 Å². The molecule has 0 bridgehead atoms. The first kappa shape index (κ1) is 19.2. The van der Waals surface area contributed by atoms with Gasteiger partial charge >= 0.3 is 0 Å². The van der Waals surface area contributed by atoms with Gasteiger partial charge in [0.05, 0.1) is 24.3 Å². The van der Waals surface area contributed by atoms with Crippen molar-refractivity contribution in [2.24, 2.45) is 0 Å². The fraction of sp³-hybridized carbons (Fsp3) is 0.0870. The quantitative estimate of drug-likeness (QED) is 0.318. The molecule has 3 aromatic carbocycles. The van der Waals surface area contributed by atoms with Crippen LogP contribution in [0.15, 0.2) is 91.3 Å². The van der Waals surface area contributed by atoms with Gasteiger partial charge in [0.1, 0.15) is 5.75 Å². The molecule has 4 rings (SSSR count). The lowest BCUT2D eigenvalue weighted by molar-refractivity contribution is -0.384. The van der Waals surface area contributed by atoms with Crippen molar-refractivity contribution in [1.82, 2.24) is 9.55 Å². The zero-order chi connectivity index (χ0) is 20.9. The zero-order valence-corrected chi connectivity index (χ0v) is 16.4. The average Bonchev–Trinajstić information content (AvgIpc) is 3.28. The van der Waals surface area contributed by atoms with Gasteiger partial charge in [-0.2, -0.15) is 0 Å². The van der Waals surface area contributed by atoms with Crippen molar-refractivity contribution in [1.29, 1.82) is 0 Å². The minimum atomic E-state index is -0.408. The molecule has 0 aliphatic heterocycles. The van der Waals surface area contributed by atoms with Gasteiger partial charge in [-0.05, 0) is 29.8 Å². The number of nitro groups is 1. The predicted molar refractivity (Wildman–Crippen MR) is 115 cm³/mol. The fourth-order valence-corrected chi connectivity index (χ4v) is 3.31. The van der Waals surface area contributed by atoms with Gasteiger partial charge < -0.3 is 9.64 Å². The van der Waals surface area contributed by atoms with Crippen molar-refractivity contribution in [3.8, 4) is 11.4 Å². The smallest absolute Gasteiger partial charge is 0.269 e. The molecular weight excluding hydrogens is 380 g/mol. The van der Waals surface area contributed by atoms with Crippen LogP contribution in [-0.2, 0) is 6.54 Å². The van der Waals surface area contributed by atoms with Crippen molar-refractivity contribution < 1.29 is 9.66 Å². The molecule has 0 unspecified atom stereocenters. The summed E-state index contributed by atoms with van der Waals surface area (Å²) in [7, 11) is 1.64. The van der Waals surface area contributed by atoms with Gasteiger partial charge in [0.15, 0.2) is 0 Å². The van der Waals surface area contributed by atoms with E-state index < -0.39 is 4.92 Å². The third kappa shape index (κ3) is 3.86. The Morgan fingerprint density at radius 2 is 1.70 bits per heavy atom. The largest absolute Gasteiger partial charge is 0.495 e. The monoisotopic (exact) mass is 400 g/mol. The van der Waals surface area contributed by atoms with Crippen LogP contribution in [0.1, 0.15) is 5.56 Å². The number of rotatable bonds is 7. The number of nitrogens with zero attached hydrogens (tertiary/aromatic N) is 4. The maximum absolute atomic E-state index is 11.0. The Labute approximate surface area is 173 Å². The second-order valence-electron chi connectivity index (χ2n) is 6.61. The van der Waals surface area contributed by atoms with Crippen LogP contribution in [0.25, 0.3) is 5.69 Å². The molecule has 7 heteroatoms. The summed E-state index contributed by atoms with van der Waals surface area (Å²) < 4.78 is 7.50. The molecule has 0 spiro atoms. The summed E-state index contributed by atoms with van der Waals surface area (Å²) in [6.07, 6.45) is 3.55. The van der Waals surface area contributed by atoms with Gasteiger partial charge in [0.2, 0.25) is 5.95 Å². The van der Waals surface area contributed by atoms with Crippen LogP contribution in [0.4, 0.5) is 17.3 Å². The summed E-state index contributed by atoms with van der Waals surface area (Å²) in [6, 6.07) is 24.3. The molecule has 0 N–H and O–H groups in total. The molecule has 0 fully saturated rings. The lowest BCUT2D eigenvalue weighted by Gasteiger charge is -2.26. The number of imidazole rings is 1. The predicted octanol–water partition coefficient (Wildman–Crippen LogP) is 5.13. The van der Waals surface area contributed by atoms with E-state index in [0.29, 0.717) is 12.5 Å². The standard InChI is InChI=1S/C23H20N4O3/c1-30-22-10-6-5-9-21(22)26(17-18-7-3-2-4-8-18)23-24-15-16-25(23)19-11-13-20(14-12-19)27(28)29/h2-16H,17H2,1H3. The van der Waals surface area contributed by atoms with E-state index in [9.17, 15) is 10.1 Å². The maximum Gasteiger partial charge on any atom is 0.269 e. The SMILES string of the molecule is COc1ccccc1N(Cc1ccccc1)c1nccn1-c1ccc([N+](=O)[O-])cc1. The number of hydrogen-bond donors (Lipinski definition) is 0. The molecular formula is C23H20N4O3. The molecule has 1 aromatic heterocycles. The number of anilines is 2. The van der Waals surface area contributed by atoms with Gasteiger partial charge in [-0.3, -0.25) is 14.7 Å². The summed E-state index contributed by atoms with van der Waals surface area (Å²) in [4.78, 5) is 17.3. The molecule has 0 amide bonds. The minimum Gasteiger partial charge on any atom is -0.495 e. The molecule has 1 heterocycles. The number of para-hydroxylation sites is 2. The number of ether oxygens (including phenoxy) is 1. The van der Waals surface area contributed by atoms with Crippen LogP contribution < -0.4 is 9.64 Å². The second kappa shape index (κ2) is 8.48. The Morgan fingerprint density at radius 3 is 2.40 bits per heavy atom. The summed E-state index contributed by atoms with van der Waals surface area (Å²) in [5.41, 5.74) is 2.81. The maximum atomic E-state index is 11.0. The van der Waals surface area contributed by atoms with E-state index in [1.807, 2.05) is 53.2 Å². The van der Waals surface area contributed by atoms with Crippen LogP contribution in [-0.4, -0.2) is 21.6 Å². The summed E-state index contributed by atoms with van der Waals surface area (Å²) in [6.45, 7) is 0.575. The van der Waals surface area contributed by atoms with Crippen molar-refractivity contribution in [3.63, 3.8) is 0 Å². The van der Waals surface area contributed by atoms with Gasteiger partial charge in [0.25, 0.3) is 5.69 Å². The molecule has 0 atom stereocenters. The van der Waals surface area contributed by atoms with Gasteiger partial charge in [-0.25, -0.2) is 4.98 Å². The summed E-state index contributed by atoms with van der Waals surface area (Å²) >= 11 is 0. The highest BCUT2D eigenvalue weighted by atomic mass is 16.6. The molecule has 0 saturated heterocycles. The summed E-state index contributed by atoms with van der Waals surface area (Å²) in [5, 5.41) is 11.0. The highest BCUT2D eigenvalue weighted by Crippen LogP contribution is 2.35. The molecule has 0 aliphatic rings. The van der Waals surface area contributed by atoms with Crippen LogP contribution in [0.2, 0.25) is 0 Å². The lowest BCUT2D eigenvalue weighted by atomic mass is 10.2. The number of methoxy groups -OCH3 is 1. The Balaban J connectivity index is 1.80. The molecule has 0 radical (unpaired) electrons. The number of nitro benzene ring substituents is 1. The molecule has 150 valence electrons. The van der Waals surface area contributed by atoms with Crippen molar-refractivity contribution in [3.05, 3.63) is 107 Å². The first-order valence-corrected chi connectivity index (χ1v) is 9.40. The molecule has 0 aliphatic carbocycles. The third-order valence-electron chi connectivity index (χ3n) is 4.76. The highest BCUT2D eigenvalue weighted by molar-refractivity contribution is 5.67. The van der Waals surface area contributed by atoms with E-state index in [0.717, 1.165) is 22.7 Å². The van der Waals surface area contributed by atoms with E-state index in [4.69, 9.17) is 4.74 Å². The Kier molecular flexibility index (Phi) is 5.43. The average molecular weight is 400 g/mol. The van der Waals surface area contributed by atoms with Crippen LogP contribution in [0.5, 0.6) is 5.75 Å². The normalized spacial score (nSPS) is 10.6. The van der Waals surface area contributed by atoms with Crippen LogP contribution >= 0.6 is 0 Å². The molecule has 0 saturated carbocycles. The number of aromatic nitrogens is 2. The molecule has 30 heavy (non-hydrogen) atoms. The molecule has 7 nitrogen and oxygen atoms in total. The van der Waals surface area contributed by atoms with Crippen LogP contribution in [0.3, 0.4) is 0 Å². The first-order chi connectivity index (χ1) is 14.7. The third-order valence-corrected chi connectivity index (χ3v) is 4.76. The van der Waals surface area contributed by atoms with Crippen molar-refractivity contribution >= 4 is 17.3 Å². The second-order valence-corrected chi connectivity index (χ2v) is 6.61. The Hall–Kier alpha value is -4.13. The highest BCUT2D eigenvalue weighted by Gasteiger charge is 2.20.